The number of ether oxygens (including phenoxy) is 1. The maximum absolute atomic E-state index is 14.2. The number of carbonyl (C=O) groups excluding carboxylic acids is 1. The molecule has 1 amide bonds. The van der Waals surface area contributed by atoms with Gasteiger partial charge in [-0.1, -0.05) is 35.9 Å². The smallest absolute Gasteiger partial charge is 0.352 e. The number of nitrogens with zero attached hydrogens (tertiary/aromatic N) is 3. The van der Waals surface area contributed by atoms with E-state index in [1.54, 1.807) is 19.1 Å². The number of aromatic nitrogens is 3. The Hall–Kier alpha value is -3.59. The van der Waals surface area contributed by atoms with Crippen LogP contribution in [0, 0.1) is 19.7 Å². The van der Waals surface area contributed by atoms with E-state index in [0.29, 0.717) is 17.7 Å². The zero-order valence-corrected chi connectivity index (χ0v) is 18.5. The van der Waals surface area contributed by atoms with Gasteiger partial charge in [-0.05, 0) is 43.9 Å². The maximum atomic E-state index is 14.2. The molecule has 1 N–H and O–H groups in total. The fourth-order valence-corrected chi connectivity index (χ4v) is 3.65. The molecule has 2 aromatic carbocycles. The van der Waals surface area contributed by atoms with Gasteiger partial charge in [0.05, 0.1) is 18.3 Å². The molecule has 172 valence electrons. The first-order valence-corrected chi connectivity index (χ1v) is 10.8. The number of rotatable bonds is 6. The lowest BCUT2D eigenvalue weighted by molar-refractivity contribution is 0.0849. The van der Waals surface area contributed by atoms with Crippen LogP contribution in [0.3, 0.4) is 0 Å². The van der Waals surface area contributed by atoms with Crippen molar-refractivity contribution >= 4 is 5.91 Å². The van der Waals surface area contributed by atoms with E-state index in [1.807, 2.05) is 19.1 Å². The van der Waals surface area contributed by atoms with Crippen molar-refractivity contribution in [3.8, 4) is 5.69 Å². The maximum Gasteiger partial charge on any atom is 0.352 e. The third kappa shape index (κ3) is 4.93. The largest absolute Gasteiger partial charge is 0.376 e. The number of aryl methyl sites for hydroxylation is 2. The van der Waals surface area contributed by atoms with Crippen LogP contribution in [0.25, 0.3) is 5.69 Å². The minimum atomic E-state index is -0.811. The summed E-state index contributed by atoms with van der Waals surface area (Å²) in [6, 6.07) is 11.5. The standard InChI is InChI=1S/C24H25FN4O4/c1-15-5-8-17(9-6-15)14-28-23(31)21(22(30)26-13-19-4-3-11-33-19)27-29(24(28)32)18-10-7-16(2)20(25)12-18/h5-10,12,19H,3-4,11,13-14H2,1-2H3,(H,26,30)/t19-/m1/s1. The molecule has 8 nitrogen and oxygen atoms in total. The number of halogens is 1. The second-order valence-electron chi connectivity index (χ2n) is 8.20. The summed E-state index contributed by atoms with van der Waals surface area (Å²) < 4.78 is 21.5. The van der Waals surface area contributed by atoms with E-state index in [9.17, 15) is 18.8 Å². The molecule has 0 unspecified atom stereocenters. The van der Waals surface area contributed by atoms with Crippen molar-refractivity contribution in [3.63, 3.8) is 0 Å². The quantitative estimate of drug-likeness (QED) is 0.618. The van der Waals surface area contributed by atoms with Crippen LogP contribution < -0.4 is 16.6 Å². The van der Waals surface area contributed by atoms with Crippen molar-refractivity contribution < 1.29 is 13.9 Å². The SMILES string of the molecule is Cc1ccc(Cn2c(=O)c(C(=O)NC[C@H]3CCCO3)nn(-c3ccc(C)c(F)c3)c2=O)cc1. The van der Waals surface area contributed by atoms with Gasteiger partial charge >= 0.3 is 5.69 Å². The van der Waals surface area contributed by atoms with Crippen molar-refractivity contribution in [3.05, 3.63) is 91.5 Å². The van der Waals surface area contributed by atoms with Crippen LogP contribution >= 0.6 is 0 Å². The fourth-order valence-electron chi connectivity index (χ4n) is 3.65. The Labute approximate surface area is 189 Å². The topological polar surface area (TPSA) is 95.2 Å². The second kappa shape index (κ2) is 9.50. The van der Waals surface area contributed by atoms with E-state index in [0.717, 1.165) is 33.7 Å². The lowest BCUT2D eigenvalue weighted by Gasteiger charge is -2.14. The molecule has 1 atom stereocenters. The normalized spacial score (nSPS) is 15.5. The van der Waals surface area contributed by atoms with Gasteiger partial charge in [0.2, 0.25) is 5.69 Å². The Kier molecular flexibility index (Phi) is 6.50. The number of nitrogens with one attached hydrogen (secondary N) is 1. The van der Waals surface area contributed by atoms with Gasteiger partial charge in [-0.15, -0.1) is 0 Å². The third-order valence-electron chi connectivity index (χ3n) is 5.65. The molecule has 3 aromatic rings. The Balaban J connectivity index is 1.78. The molecule has 9 heteroatoms. The molecule has 2 heterocycles. The molecular formula is C24H25FN4O4. The Morgan fingerprint density at radius 1 is 1.18 bits per heavy atom. The molecule has 0 aliphatic carbocycles. The number of hydrogen-bond acceptors (Lipinski definition) is 5. The van der Waals surface area contributed by atoms with Gasteiger partial charge in [-0.25, -0.2) is 9.18 Å². The monoisotopic (exact) mass is 452 g/mol. The minimum absolute atomic E-state index is 0.0547. The molecule has 0 radical (unpaired) electrons. The van der Waals surface area contributed by atoms with E-state index in [2.05, 4.69) is 10.4 Å². The summed E-state index contributed by atoms with van der Waals surface area (Å²) in [6.07, 6.45) is 1.60. The molecule has 0 spiro atoms. The van der Waals surface area contributed by atoms with E-state index in [1.165, 1.54) is 12.1 Å². The highest BCUT2D eigenvalue weighted by Gasteiger charge is 2.23. The van der Waals surface area contributed by atoms with Crippen molar-refractivity contribution in [2.45, 2.75) is 39.3 Å². The highest BCUT2D eigenvalue weighted by Crippen LogP contribution is 2.12. The highest BCUT2D eigenvalue weighted by molar-refractivity contribution is 5.91. The molecule has 1 aliphatic heterocycles. The first-order chi connectivity index (χ1) is 15.8. The van der Waals surface area contributed by atoms with Crippen LogP contribution in [0.1, 0.15) is 40.0 Å². The number of amides is 1. The molecule has 1 aliphatic rings. The lowest BCUT2D eigenvalue weighted by atomic mass is 10.1. The zero-order chi connectivity index (χ0) is 23.5. The second-order valence-corrected chi connectivity index (χ2v) is 8.20. The van der Waals surface area contributed by atoms with E-state index >= 15 is 0 Å². The molecular weight excluding hydrogens is 427 g/mol. The fraction of sp³-hybridized carbons (Fsp3) is 0.333. The predicted octanol–water partition coefficient (Wildman–Crippen LogP) is 2.11. The van der Waals surface area contributed by atoms with Crippen LogP contribution in [0.4, 0.5) is 4.39 Å². The van der Waals surface area contributed by atoms with Gasteiger partial charge < -0.3 is 10.1 Å². The van der Waals surface area contributed by atoms with Gasteiger partial charge in [0.1, 0.15) is 5.82 Å². The summed E-state index contributed by atoms with van der Waals surface area (Å²) in [4.78, 5) is 39.2. The number of hydrogen-bond donors (Lipinski definition) is 1. The van der Waals surface area contributed by atoms with Crippen LogP contribution in [0.2, 0.25) is 0 Å². The van der Waals surface area contributed by atoms with E-state index in [-0.39, 0.29) is 24.9 Å². The van der Waals surface area contributed by atoms with Crippen LogP contribution in [0.5, 0.6) is 0 Å². The molecule has 0 saturated carbocycles. The number of benzene rings is 2. The molecule has 33 heavy (non-hydrogen) atoms. The summed E-state index contributed by atoms with van der Waals surface area (Å²) in [5.41, 5.74) is 0.235. The van der Waals surface area contributed by atoms with Crippen molar-refractivity contribution in [2.24, 2.45) is 0 Å². The van der Waals surface area contributed by atoms with Crippen molar-refractivity contribution in [1.82, 2.24) is 19.7 Å². The summed E-state index contributed by atoms with van der Waals surface area (Å²) in [7, 11) is 0. The first kappa shape index (κ1) is 22.6. The molecule has 1 saturated heterocycles. The average Bonchev–Trinajstić information content (AvgIpc) is 3.32. The average molecular weight is 452 g/mol. The molecule has 1 fully saturated rings. The summed E-state index contributed by atoms with van der Waals surface area (Å²) in [6.45, 7) is 4.33. The summed E-state index contributed by atoms with van der Waals surface area (Å²) in [5, 5.41) is 6.70. The minimum Gasteiger partial charge on any atom is -0.376 e. The van der Waals surface area contributed by atoms with E-state index in [4.69, 9.17) is 4.74 Å². The number of carbonyl (C=O) groups is 1. The third-order valence-corrected chi connectivity index (χ3v) is 5.65. The molecule has 4 rings (SSSR count). The highest BCUT2D eigenvalue weighted by atomic mass is 19.1. The van der Waals surface area contributed by atoms with Gasteiger partial charge in [-0.3, -0.25) is 14.2 Å². The van der Waals surface area contributed by atoms with Gasteiger partial charge in [-0.2, -0.15) is 9.78 Å². The van der Waals surface area contributed by atoms with Gasteiger partial charge in [0, 0.05) is 19.2 Å². The van der Waals surface area contributed by atoms with Crippen LogP contribution in [-0.2, 0) is 11.3 Å². The summed E-state index contributed by atoms with van der Waals surface area (Å²) in [5.74, 6) is -1.24. The Bertz CT molecular complexity index is 1290. The first-order valence-electron chi connectivity index (χ1n) is 10.8. The van der Waals surface area contributed by atoms with Crippen LogP contribution in [0.15, 0.2) is 52.1 Å². The van der Waals surface area contributed by atoms with Gasteiger partial charge in [0.15, 0.2) is 0 Å². The van der Waals surface area contributed by atoms with Gasteiger partial charge in [0.25, 0.3) is 11.5 Å². The molecule has 0 bridgehead atoms. The zero-order valence-electron chi connectivity index (χ0n) is 18.5. The van der Waals surface area contributed by atoms with Crippen LogP contribution in [-0.4, -0.2) is 39.5 Å². The Morgan fingerprint density at radius 3 is 2.61 bits per heavy atom. The Morgan fingerprint density at radius 2 is 1.94 bits per heavy atom. The lowest BCUT2D eigenvalue weighted by Crippen LogP contribution is -2.46. The van der Waals surface area contributed by atoms with E-state index < -0.39 is 28.7 Å². The molecule has 1 aromatic heterocycles. The van der Waals surface area contributed by atoms with Crippen molar-refractivity contribution in [2.75, 3.05) is 13.2 Å². The van der Waals surface area contributed by atoms with Crippen molar-refractivity contribution in [1.29, 1.82) is 0 Å². The summed E-state index contributed by atoms with van der Waals surface area (Å²) >= 11 is 0. The predicted molar refractivity (Wildman–Crippen MR) is 120 cm³/mol.